The summed E-state index contributed by atoms with van der Waals surface area (Å²) in [6, 6.07) is 13.2. The van der Waals surface area contributed by atoms with E-state index in [0.717, 1.165) is 17.2 Å². The van der Waals surface area contributed by atoms with E-state index >= 15 is 0 Å². The summed E-state index contributed by atoms with van der Waals surface area (Å²) >= 11 is 0. The van der Waals surface area contributed by atoms with Gasteiger partial charge < -0.3 is 5.32 Å². The molecule has 0 unspecified atom stereocenters. The van der Waals surface area contributed by atoms with Crippen molar-refractivity contribution in [2.45, 2.75) is 59.8 Å². The molecule has 2 heteroatoms. The summed E-state index contributed by atoms with van der Waals surface area (Å²) in [6.45, 7) is 8.59. The van der Waals surface area contributed by atoms with E-state index in [0.29, 0.717) is 5.92 Å². The number of nitrogens with zero attached hydrogens (tertiary/aromatic N) is 1. The van der Waals surface area contributed by atoms with Crippen LogP contribution in [0.3, 0.4) is 0 Å². The predicted octanol–water partition coefficient (Wildman–Crippen LogP) is 6.64. The van der Waals surface area contributed by atoms with Crippen LogP contribution in [0.4, 0.5) is 11.4 Å². The van der Waals surface area contributed by atoms with Crippen molar-refractivity contribution in [1.82, 2.24) is 0 Å². The van der Waals surface area contributed by atoms with Crippen molar-refractivity contribution in [3.05, 3.63) is 58.7 Å². The molecule has 0 spiro atoms. The zero-order chi connectivity index (χ0) is 17.8. The zero-order valence-corrected chi connectivity index (χ0v) is 16.0. The molecule has 25 heavy (non-hydrogen) atoms. The maximum Gasteiger partial charge on any atom is 0.110 e. The SMILES string of the molecule is Cc1cc(C)cc(N=C(Nc2cc(C)cc(C)c2)C2CCCCC2)c1. The van der Waals surface area contributed by atoms with Crippen LogP contribution < -0.4 is 5.32 Å². The third-order valence-corrected chi connectivity index (χ3v) is 4.94. The molecule has 0 saturated heterocycles. The van der Waals surface area contributed by atoms with Crippen molar-refractivity contribution in [2.75, 3.05) is 5.32 Å². The molecule has 1 aliphatic carbocycles. The third-order valence-electron chi connectivity index (χ3n) is 4.94. The van der Waals surface area contributed by atoms with Crippen molar-refractivity contribution in [2.24, 2.45) is 10.9 Å². The van der Waals surface area contributed by atoms with Crippen LogP contribution in [0.25, 0.3) is 0 Å². The highest BCUT2D eigenvalue weighted by Crippen LogP contribution is 2.28. The Labute approximate surface area is 152 Å². The first-order chi connectivity index (χ1) is 12.0. The van der Waals surface area contributed by atoms with E-state index in [4.69, 9.17) is 4.99 Å². The Morgan fingerprint density at radius 1 is 0.760 bits per heavy atom. The molecule has 3 rings (SSSR count). The van der Waals surface area contributed by atoms with Gasteiger partial charge in [-0.15, -0.1) is 0 Å². The van der Waals surface area contributed by atoms with E-state index in [2.05, 4.69) is 69.4 Å². The molecule has 0 amide bonds. The molecule has 0 aromatic heterocycles. The fourth-order valence-electron chi connectivity index (χ4n) is 3.95. The second kappa shape index (κ2) is 7.86. The highest BCUT2D eigenvalue weighted by atomic mass is 15.0. The number of aliphatic imine (C=N–C) groups is 1. The van der Waals surface area contributed by atoms with E-state index in [1.165, 1.54) is 54.4 Å². The Balaban J connectivity index is 1.95. The van der Waals surface area contributed by atoms with Crippen molar-refractivity contribution in [3.8, 4) is 0 Å². The van der Waals surface area contributed by atoms with Crippen LogP contribution in [-0.2, 0) is 0 Å². The molecule has 2 aromatic rings. The minimum atomic E-state index is 0.537. The summed E-state index contributed by atoms with van der Waals surface area (Å²) in [4.78, 5) is 5.06. The Morgan fingerprint density at radius 3 is 1.84 bits per heavy atom. The second-order valence-corrected chi connectivity index (χ2v) is 7.68. The zero-order valence-electron chi connectivity index (χ0n) is 16.0. The maximum atomic E-state index is 5.06. The van der Waals surface area contributed by atoms with Gasteiger partial charge in [-0.05, 0) is 87.1 Å². The van der Waals surface area contributed by atoms with Gasteiger partial charge in [0.25, 0.3) is 0 Å². The normalized spacial score (nSPS) is 16.1. The van der Waals surface area contributed by atoms with E-state index in [1.54, 1.807) is 0 Å². The molecule has 0 radical (unpaired) electrons. The lowest BCUT2D eigenvalue weighted by Crippen LogP contribution is -2.25. The van der Waals surface area contributed by atoms with Gasteiger partial charge in [0.15, 0.2) is 0 Å². The fraction of sp³-hybridized carbons (Fsp3) is 0.435. The molecule has 0 aliphatic heterocycles. The highest BCUT2D eigenvalue weighted by molar-refractivity contribution is 5.99. The van der Waals surface area contributed by atoms with Crippen LogP contribution in [0.5, 0.6) is 0 Å². The first-order valence-electron chi connectivity index (χ1n) is 9.52. The first-order valence-corrected chi connectivity index (χ1v) is 9.52. The fourth-order valence-corrected chi connectivity index (χ4v) is 3.95. The number of hydrogen-bond acceptors (Lipinski definition) is 1. The molecule has 0 atom stereocenters. The lowest BCUT2D eigenvalue weighted by Gasteiger charge is -2.25. The quantitative estimate of drug-likeness (QED) is 0.493. The van der Waals surface area contributed by atoms with Gasteiger partial charge >= 0.3 is 0 Å². The second-order valence-electron chi connectivity index (χ2n) is 7.68. The monoisotopic (exact) mass is 334 g/mol. The summed E-state index contributed by atoms with van der Waals surface area (Å²) in [5, 5.41) is 3.67. The van der Waals surface area contributed by atoms with E-state index < -0.39 is 0 Å². The highest BCUT2D eigenvalue weighted by Gasteiger charge is 2.20. The molecule has 132 valence electrons. The molecule has 2 aromatic carbocycles. The summed E-state index contributed by atoms with van der Waals surface area (Å²) < 4.78 is 0. The van der Waals surface area contributed by atoms with Crippen LogP contribution in [0.1, 0.15) is 54.4 Å². The third kappa shape index (κ3) is 4.94. The van der Waals surface area contributed by atoms with Crippen LogP contribution >= 0.6 is 0 Å². The van der Waals surface area contributed by atoms with Crippen LogP contribution in [0.2, 0.25) is 0 Å². The van der Waals surface area contributed by atoms with Gasteiger partial charge in [0.05, 0.1) is 5.69 Å². The molecular weight excluding hydrogens is 304 g/mol. The van der Waals surface area contributed by atoms with E-state index in [1.807, 2.05) is 0 Å². The van der Waals surface area contributed by atoms with Gasteiger partial charge in [-0.1, -0.05) is 31.4 Å². The van der Waals surface area contributed by atoms with Crippen molar-refractivity contribution >= 4 is 17.2 Å². The van der Waals surface area contributed by atoms with Gasteiger partial charge in [0.2, 0.25) is 0 Å². The molecule has 2 nitrogen and oxygen atoms in total. The summed E-state index contributed by atoms with van der Waals surface area (Å²) in [5.41, 5.74) is 7.34. The topological polar surface area (TPSA) is 24.4 Å². The van der Waals surface area contributed by atoms with Crippen molar-refractivity contribution in [1.29, 1.82) is 0 Å². The Morgan fingerprint density at radius 2 is 1.28 bits per heavy atom. The predicted molar refractivity (Wildman–Crippen MR) is 109 cm³/mol. The lowest BCUT2D eigenvalue weighted by atomic mass is 9.88. The smallest absolute Gasteiger partial charge is 0.110 e. The molecule has 0 heterocycles. The Hall–Kier alpha value is -2.09. The van der Waals surface area contributed by atoms with Crippen LogP contribution in [-0.4, -0.2) is 5.84 Å². The number of nitrogens with one attached hydrogen (secondary N) is 1. The van der Waals surface area contributed by atoms with E-state index in [9.17, 15) is 0 Å². The van der Waals surface area contributed by atoms with Crippen LogP contribution in [0.15, 0.2) is 41.4 Å². The molecule has 0 bridgehead atoms. The summed E-state index contributed by atoms with van der Waals surface area (Å²) in [7, 11) is 0. The van der Waals surface area contributed by atoms with Crippen molar-refractivity contribution in [3.63, 3.8) is 0 Å². The first kappa shape index (κ1) is 17.7. The lowest BCUT2D eigenvalue weighted by molar-refractivity contribution is 0.439. The minimum absolute atomic E-state index is 0.537. The maximum absolute atomic E-state index is 5.06. The number of hydrogen-bond donors (Lipinski definition) is 1. The van der Waals surface area contributed by atoms with Gasteiger partial charge in [0.1, 0.15) is 5.84 Å². The summed E-state index contributed by atoms with van der Waals surface area (Å²) in [5.74, 6) is 1.67. The Bertz CT molecular complexity index is 727. The van der Waals surface area contributed by atoms with Gasteiger partial charge in [-0.25, -0.2) is 4.99 Å². The van der Waals surface area contributed by atoms with Gasteiger partial charge in [-0.3, -0.25) is 0 Å². The number of benzene rings is 2. The molecule has 1 N–H and O–H groups in total. The van der Waals surface area contributed by atoms with Crippen LogP contribution in [0, 0.1) is 33.6 Å². The Kier molecular flexibility index (Phi) is 5.57. The van der Waals surface area contributed by atoms with Gasteiger partial charge in [-0.2, -0.15) is 0 Å². The molecule has 1 fully saturated rings. The van der Waals surface area contributed by atoms with E-state index in [-0.39, 0.29) is 0 Å². The average molecular weight is 335 g/mol. The molecule has 1 saturated carbocycles. The number of anilines is 1. The number of amidine groups is 1. The standard InChI is InChI=1S/C23H30N2/c1-16-10-17(2)13-21(12-16)24-23(20-8-6-5-7-9-20)25-22-14-18(3)11-19(4)15-22/h10-15,20H,5-9H2,1-4H3,(H,24,25). The van der Waals surface area contributed by atoms with Crippen molar-refractivity contribution < 1.29 is 0 Å². The average Bonchev–Trinajstić information content (AvgIpc) is 2.53. The minimum Gasteiger partial charge on any atom is -0.343 e. The number of aryl methyl sites for hydroxylation is 4. The molecular formula is C23H30N2. The largest absolute Gasteiger partial charge is 0.343 e. The van der Waals surface area contributed by atoms with Gasteiger partial charge in [0, 0.05) is 11.6 Å². The number of rotatable bonds is 3. The summed E-state index contributed by atoms with van der Waals surface area (Å²) in [6.07, 6.45) is 6.45. The molecule has 1 aliphatic rings.